The van der Waals surface area contributed by atoms with Gasteiger partial charge in [0.2, 0.25) is 0 Å². The van der Waals surface area contributed by atoms with Crippen molar-refractivity contribution in [2.24, 2.45) is 0 Å². The van der Waals surface area contributed by atoms with Crippen molar-refractivity contribution in [1.82, 2.24) is 0 Å². The van der Waals surface area contributed by atoms with Crippen LogP contribution in [0.25, 0.3) is 0 Å². The number of ether oxygens (including phenoxy) is 21. The van der Waals surface area contributed by atoms with E-state index in [4.69, 9.17) is 99.5 Å². The van der Waals surface area contributed by atoms with Gasteiger partial charge in [0.25, 0.3) is 23.5 Å². The van der Waals surface area contributed by atoms with Gasteiger partial charge in [-0.1, -0.05) is 51.4 Å². The molecule has 0 rings (SSSR count). The van der Waals surface area contributed by atoms with Gasteiger partial charge in [0, 0.05) is 145 Å². The first-order valence-electron chi connectivity index (χ1n) is 33.6. The van der Waals surface area contributed by atoms with Gasteiger partial charge < -0.3 is 94.7 Å². The molecular weight excluding hydrogens is 1100 g/mol. The molecule has 0 aromatic heterocycles. The highest BCUT2D eigenvalue weighted by Crippen LogP contribution is 2.55. The van der Waals surface area contributed by atoms with Crippen LogP contribution in [0.5, 0.6) is 0 Å². The molecule has 21 nitrogen and oxygen atoms in total. The fourth-order valence-corrected chi connectivity index (χ4v) is 11.4. The summed E-state index contributed by atoms with van der Waals surface area (Å²) in [5, 5.41) is 0. The minimum Gasteiger partial charge on any atom is -0.373 e. The van der Waals surface area contributed by atoms with E-state index in [-0.39, 0.29) is 92.5 Å². The third-order valence-corrected chi connectivity index (χ3v) is 13.8. The fraction of sp³-hybridized carbons (Fsp3) is 1.00. The van der Waals surface area contributed by atoms with Crippen LogP contribution in [0, 0.1) is 0 Å². The molecular formula is C64H130O21. The lowest BCUT2D eigenvalue weighted by atomic mass is 9.89. The topological polar surface area (TPSA) is 194 Å². The van der Waals surface area contributed by atoms with Gasteiger partial charge in [-0.05, 0) is 164 Å². The highest BCUT2D eigenvalue weighted by atomic mass is 17.0. The Morgan fingerprint density at radius 3 is 0.635 bits per heavy atom. The number of unbranched alkanes of at least 4 members (excludes halogenated alkanes) is 8. The van der Waals surface area contributed by atoms with Gasteiger partial charge in [0.1, 0.15) is 12.2 Å². The van der Waals surface area contributed by atoms with Crippen LogP contribution in [0.2, 0.25) is 0 Å². The van der Waals surface area contributed by atoms with Crippen molar-refractivity contribution >= 4 is 0 Å². The SMILES string of the molecule is CCOC(CCCCCCCC(OCC)(OCC)OCC)C(OCC)(OCC)C(OCC)(OCC)C(OCC)(OCC)OC(OCC)(OCC)C(OCC)(OCC)C(OCC)(OCC)C(CCCCCCCC(OCC)(OCC)OCC)OCC. The summed E-state index contributed by atoms with van der Waals surface area (Å²) in [6.45, 7) is 41.4. The van der Waals surface area contributed by atoms with Crippen molar-refractivity contribution in [3.8, 4) is 0 Å². The third-order valence-electron chi connectivity index (χ3n) is 13.8. The molecule has 2 atom stereocenters. The van der Waals surface area contributed by atoms with E-state index in [1.165, 1.54) is 0 Å². The van der Waals surface area contributed by atoms with Gasteiger partial charge in [0.15, 0.2) is 0 Å². The van der Waals surface area contributed by atoms with Gasteiger partial charge in [-0.15, -0.1) is 0 Å². The van der Waals surface area contributed by atoms with Gasteiger partial charge in [0.05, 0.1) is 0 Å². The van der Waals surface area contributed by atoms with Crippen LogP contribution in [0.4, 0.5) is 0 Å². The van der Waals surface area contributed by atoms with Gasteiger partial charge in [-0.3, -0.25) is 4.74 Å². The minimum absolute atomic E-state index is 0.0116. The first-order chi connectivity index (χ1) is 41.1. The standard InChI is InChI=1S/C64H130O21/c1-21-65-55(51-47-43-41-45-49-53-57(67-23-3,68-24-4)69-25-5)59(73-29-9,74-30-10)61(77-33-13,78-34-14)63(81-37-17,82-38-18)85-64(83-39-19,84-40-20)62(79-35-15,80-36-16)60(75-31-11,76-32-12)56(66-22-2)52-48-44-42-46-50-54-58(70-26-6,71-27-7)72-28-8/h55-56H,21-54H2,1-20H3. The van der Waals surface area contributed by atoms with E-state index in [1.54, 1.807) is 0 Å². The van der Waals surface area contributed by atoms with Gasteiger partial charge in [-0.25, -0.2) is 0 Å². The van der Waals surface area contributed by atoms with Gasteiger partial charge >= 0.3 is 23.5 Å². The van der Waals surface area contributed by atoms with Crippen molar-refractivity contribution in [1.29, 1.82) is 0 Å². The molecule has 0 heterocycles. The molecule has 0 aliphatic carbocycles. The highest BCUT2D eigenvalue weighted by molar-refractivity contribution is 5.07. The van der Waals surface area contributed by atoms with E-state index in [2.05, 4.69) is 0 Å². The van der Waals surface area contributed by atoms with Crippen molar-refractivity contribution in [2.45, 2.75) is 288 Å². The molecule has 0 saturated heterocycles. The number of hydrogen-bond acceptors (Lipinski definition) is 21. The first-order valence-corrected chi connectivity index (χ1v) is 33.6. The molecule has 0 saturated carbocycles. The molecule has 0 amide bonds. The van der Waals surface area contributed by atoms with Crippen LogP contribution in [-0.2, 0) is 99.5 Å². The monoisotopic (exact) mass is 1230 g/mol. The largest absolute Gasteiger partial charge is 0.373 e. The predicted molar refractivity (Wildman–Crippen MR) is 328 cm³/mol. The van der Waals surface area contributed by atoms with Crippen LogP contribution >= 0.6 is 0 Å². The maximum Gasteiger partial charge on any atom is 0.351 e. The molecule has 0 fully saturated rings. The van der Waals surface area contributed by atoms with E-state index < -0.39 is 59.2 Å². The van der Waals surface area contributed by atoms with Crippen LogP contribution < -0.4 is 0 Å². The first kappa shape index (κ1) is 84.2. The highest BCUT2D eigenvalue weighted by Gasteiger charge is 2.82. The van der Waals surface area contributed by atoms with E-state index in [0.29, 0.717) is 78.2 Å². The van der Waals surface area contributed by atoms with Gasteiger partial charge in [-0.2, -0.15) is 0 Å². The summed E-state index contributed by atoms with van der Waals surface area (Å²) < 4.78 is 143. The Balaban J connectivity index is 8.66. The lowest BCUT2D eigenvalue weighted by Crippen LogP contribution is -2.83. The van der Waals surface area contributed by atoms with Crippen molar-refractivity contribution in [3.63, 3.8) is 0 Å². The summed E-state index contributed by atoms with van der Waals surface area (Å²) in [7, 11) is 0. The summed E-state index contributed by atoms with van der Waals surface area (Å²) in [5.41, 5.74) is 0. The number of rotatable bonds is 64. The second-order valence-corrected chi connectivity index (χ2v) is 19.4. The fourth-order valence-electron chi connectivity index (χ4n) is 11.4. The van der Waals surface area contributed by atoms with E-state index in [0.717, 1.165) is 51.4 Å². The lowest BCUT2D eigenvalue weighted by Gasteiger charge is -2.61. The van der Waals surface area contributed by atoms with Crippen LogP contribution in [0.3, 0.4) is 0 Å². The Bertz CT molecular complexity index is 1350. The molecule has 0 spiro atoms. The molecule has 21 heteroatoms. The second-order valence-electron chi connectivity index (χ2n) is 19.4. The maximum atomic E-state index is 7.80. The van der Waals surface area contributed by atoms with Crippen LogP contribution in [0.15, 0.2) is 0 Å². The average molecular weight is 1240 g/mol. The summed E-state index contributed by atoms with van der Waals surface area (Å²) >= 11 is 0. The minimum atomic E-state index is -2.57. The molecule has 0 aliphatic rings. The van der Waals surface area contributed by atoms with Crippen molar-refractivity contribution in [2.75, 3.05) is 132 Å². The smallest absolute Gasteiger partial charge is 0.351 e. The van der Waals surface area contributed by atoms with E-state index >= 15 is 0 Å². The summed E-state index contributed by atoms with van der Waals surface area (Å²) in [6, 6.07) is 0. The molecule has 0 aromatic rings. The zero-order valence-electron chi connectivity index (χ0n) is 57.8. The zero-order chi connectivity index (χ0) is 64.0. The molecule has 0 radical (unpaired) electrons. The zero-order valence-corrected chi connectivity index (χ0v) is 57.8. The molecule has 0 bridgehead atoms. The Morgan fingerprint density at radius 2 is 0.424 bits per heavy atom. The Labute approximate surface area is 517 Å². The summed E-state index contributed by atoms with van der Waals surface area (Å²) in [4.78, 5) is 0. The lowest BCUT2D eigenvalue weighted by molar-refractivity contribution is -0.638. The Kier molecular flexibility index (Phi) is 47.5. The quantitative estimate of drug-likeness (QED) is 0.0412. The average Bonchev–Trinajstić information content (AvgIpc) is 0.717. The molecule has 85 heavy (non-hydrogen) atoms. The number of hydrogen-bond donors (Lipinski definition) is 0. The summed E-state index contributed by atoms with van der Waals surface area (Å²) in [5.74, 6) is -16.0. The second kappa shape index (κ2) is 48.0. The normalized spacial score (nSPS) is 14.3. The van der Waals surface area contributed by atoms with Crippen molar-refractivity contribution in [3.05, 3.63) is 0 Å². The van der Waals surface area contributed by atoms with Crippen LogP contribution in [-0.4, -0.2) is 191 Å². The molecule has 0 N–H and O–H groups in total. The van der Waals surface area contributed by atoms with E-state index in [1.807, 2.05) is 138 Å². The maximum absolute atomic E-state index is 7.80. The van der Waals surface area contributed by atoms with Crippen LogP contribution in [0.1, 0.15) is 228 Å². The summed E-state index contributed by atoms with van der Waals surface area (Å²) in [6.07, 6.45) is 8.69. The third kappa shape index (κ3) is 23.4. The van der Waals surface area contributed by atoms with E-state index in [9.17, 15) is 0 Å². The molecule has 512 valence electrons. The predicted octanol–water partition coefficient (Wildman–Crippen LogP) is 13.3. The molecule has 0 aromatic carbocycles. The van der Waals surface area contributed by atoms with Crippen molar-refractivity contribution < 1.29 is 99.5 Å². The Morgan fingerprint density at radius 1 is 0.212 bits per heavy atom. The Hall–Kier alpha value is -0.840. The molecule has 0 aliphatic heterocycles. The molecule has 2 unspecified atom stereocenters.